The molecule has 0 bridgehead atoms. The predicted octanol–water partition coefficient (Wildman–Crippen LogP) is 1.94. The highest BCUT2D eigenvalue weighted by Gasteiger charge is 2.25. The van der Waals surface area contributed by atoms with Crippen LogP contribution in [0.3, 0.4) is 0 Å². The van der Waals surface area contributed by atoms with Crippen molar-refractivity contribution in [2.24, 2.45) is 0 Å². The minimum absolute atomic E-state index is 0.256. The molecule has 1 rings (SSSR count). The summed E-state index contributed by atoms with van der Waals surface area (Å²) in [5, 5.41) is 9.76. The second-order valence-electron chi connectivity index (χ2n) is 4.12. The van der Waals surface area contributed by atoms with Gasteiger partial charge < -0.3 is 9.84 Å². The van der Waals surface area contributed by atoms with E-state index in [9.17, 15) is 9.90 Å². The summed E-state index contributed by atoms with van der Waals surface area (Å²) in [6.07, 6.45) is -1.11. The first kappa shape index (κ1) is 12.7. The number of ether oxygens (including phenoxy) is 1. The van der Waals surface area contributed by atoms with Crippen LogP contribution < -0.4 is 0 Å². The van der Waals surface area contributed by atoms with E-state index in [1.54, 1.807) is 0 Å². The summed E-state index contributed by atoms with van der Waals surface area (Å²) in [7, 11) is 1.28. The molecule has 1 N–H and O–H groups in total. The van der Waals surface area contributed by atoms with Gasteiger partial charge in [0.2, 0.25) is 0 Å². The monoisotopic (exact) mass is 222 g/mol. The Balaban J connectivity index is 2.96. The number of benzene rings is 1. The van der Waals surface area contributed by atoms with Crippen LogP contribution in [0.25, 0.3) is 0 Å². The molecule has 2 unspecified atom stereocenters. The number of esters is 1. The zero-order valence-electron chi connectivity index (χ0n) is 10.2. The maximum Gasteiger partial charge on any atom is 0.335 e. The number of hydrogen-bond acceptors (Lipinski definition) is 3. The second kappa shape index (κ2) is 5.12. The van der Waals surface area contributed by atoms with Gasteiger partial charge in [-0.2, -0.15) is 0 Å². The van der Waals surface area contributed by atoms with Crippen LogP contribution in [-0.4, -0.2) is 24.3 Å². The van der Waals surface area contributed by atoms with Crippen LogP contribution in [0.15, 0.2) is 18.2 Å². The summed E-state index contributed by atoms with van der Waals surface area (Å²) in [5.74, 6) is -0.847. The zero-order valence-corrected chi connectivity index (χ0v) is 10.2. The van der Waals surface area contributed by atoms with Crippen molar-refractivity contribution in [1.82, 2.24) is 0 Å². The van der Waals surface area contributed by atoms with Gasteiger partial charge >= 0.3 is 5.97 Å². The van der Waals surface area contributed by atoms with Crippen molar-refractivity contribution in [3.05, 3.63) is 34.9 Å². The third-order valence-electron chi connectivity index (χ3n) is 2.83. The van der Waals surface area contributed by atoms with Crippen molar-refractivity contribution >= 4 is 5.97 Å². The van der Waals surface area contributed by atoms with E-state index in [-0.39, 0.29) is 5.92 Å². The van der Waals surface area contributed by atoms with Gasteiger partial charge in [0.1, 0.15) is 0 Å². The molecule has 3 nitrogen and oxygen atoms in total. The third kappa shape index (κ3) is 2.61. The lowest BCUT2D eigenvalue weighted by molar-refractivity contribution is -0.151. The number of aliphatic hydroxyl groups is 1. The Hall–Kier alpha value is -1.35. The fourth-order valence-corrected chi connectivity index (χ4v) is 1.83. The van der Waals surface area contributed by atoms with Crippen molar-refractivity contribution in [3.63, 3.8) is 0 Å². The lowest BCUT2D eigenvalue weighted by Gasteiger charge is -2.19. The number of aliphatic hydroxyl groups excluding tert-OH is 1. The smallest absolute Gasteiger partial charge is 0.335 e. The van der Waals surface area contributed by atoms with Crippen LogP contribution in [-0.2, 0) is 9.53 Å². The van der Waals surface area contributed by atoms with E-state index in [1.807, 2.05) is 39.0 Å². The molecule has 0 aliphatic carbocycles. The fraction of sp³-hybridized carbons (Fsp3) is 0.462. The van der Waals surface area contributed by atoms with Crippen molar-refractivity contribution in [3.8, 4) is 0 Å². The van der Waals surface area contributed by atoms with E-state index in [2.05, 4.69) is 4.74 Å². The molecule has 0 saturated heterocycles. The maximum atomic E-state index is 11.2. The first-order valence-corrected chi connectivity index (χ1v) is 5.30. The highest BCUT2D eigenvalue weighted by molar-refractivity contribution is 5.75. The van der Waals surface area contributed by atoms with E-state index >= 15 is 0 Å². The fourth-order valence-electron chi connectivity index (χ4n) is 1.83. The van der Waals surface area contributed by atoms with E-state index in [1.165, 1.54) is 12.7 Å². The molecule has 0 fully saturated rings. The number of carbonyl (C=O) groups excluding carboxylic acids is 1. The molecule has 0 aliphatic rings. The van der Waals surface area contributed by atoms with Gasteiger partial charge in [-0.3, -0.25) is 0 Å². The molecule has 1 aromatic carbocycles. The highest BCUT2D eigenvalue weighted by atomic mass is 16.5. The molecule has 0 aliphatic heterocycles. The van der Waals surface area contributed by atoms with Crippen molar-refractivity contribution < 1.29 is 14.6 Å². The van der Waals surface area contributed by atoms with Crippen LogP contribution >= 0.6 is 0 Å². The van der Waals surface area contributed by atoms with Gasteiger partial charge in [-0.15, -0.1) is 0 Å². The average molecular weight is 222 g/mol. The third-order valence-corrected chi connectivity index (χ3v) is 2.83. The molecule has 0 heterocycles. The van der Waals surface area contributed by atoms with Gasteiger partial charge in [0.15, 0.2) is 6.10 Å². The Morgan fingerprint density at radius 2 is 2.00 bits per heavy atom. The zero-order chi connectivity index (χ0) is 12.3. The van der Waals surface area contributed by atoms with Crippen molar-refractivity contribution in [2.75, 3.05) is 7.11 Å². The highest BCUT2D eigenvalue weighted by Crippen LogP contribution is 2.24. The molecule has 2 atom stereocenters. The quantitative estimate of drug-likeness (QED) is 0.795. The van der Waals surface area contributed by atoms with Gasteiger partial charge in [-0.1, -0.05) is 30.7 Å². The summed E-state index contributed by atoms with van der Waals surface area (Å²) in [6.45, 7) is 5.81. The van der Waals surface area contributed by atoms with Crippen LogP contribution in [0.2, 0.25) is 0 Å². The summed E-state index contributed by atoms with van der Waals surface area (Å²) in [6, 6.07) is 5.96. The molecular formula is C13H18O3. The summed E-state index contributed by atoms with van der Waals surface area (Å²) in [5.41, 5.74) is 3.22. The minimum Gasteiger partial charge on any atom is -0.467 e. The molecule has 1 aromatic rings. The Kier molecular flexibility index (Phi) is 4.07. The summed E-state index contributed by atoms with van der Waals surface area (Å²) in [4.78, 5) is 11.2. The summed E-state index contributed by atoms with van der Waals surface area (Å²) >= 11 is 0. The summed E-state index contributed by atoms with van der Waals surface area (Å²) < 4.78 is 4.53. The molecular weight excluding hydrogens is 204 g/mol. The predicted molar refractivity (Wildman–Crippen MR) is 62.4 cm³/mol. The van der Waals surface area contributed by atoms with Crippen molar-refractivity contribution in [1.29, 1.82) is 0 Å². The van der Waals surface area contributed by atoms with Crippen LogP contribution in [0.5, 0.6) is 0 Å². The number of aryl methyl sites for hydroxylation is 2. The van der Waals surface area contributed by atoms with Crippen LogP contribution in [0, 0.1) is 13.8 Å². The lowest BCUT2D eigenvalue weighted by Crippen LogP contribution is -2.27. The van der Waals surface area contributed by atoms with Gasteiger partial charge in [0, 0.05) is 5.92 Å². The topological polar surface area (TPSA) is 46.5 Å². The maximum absolute atomic E-state index is 11.2. The molecule has 88 valence electrons. The molecule has 3 heteroatoms. The largest absolute Gasteiger partial charge is 0.467 e. The van der Waals surface area contributed by atoms with Crippen LogP contribution in [0.4, 0.5) is 0 Å². The Morgan fingerprint density at radius 3 is 2.50 bits per heavy atom. The Morgan fingerprint density at radius 1 is 1.38 bits per heavy atom. The van der Waals surface area contributed by atoms with E-state index in [0.717, 1.165) is 11.1 Å². The number of rotatable bonds is 3. The normalized spacial score (nSPS) is 14.3. The van der Waals surface area contributed by atoms with Gasteiger partial charge in [-0.25, -0.2) is 4.79 Å². The standard InChI is InChI=1S/C13H18O3/c1-8-5-6-11(9(2)7-8)10(3)12(14)13(15)16-4/h5-7,10,12,14H,1-4H3. The number of carbonyl (C=O) groups is 1. The second-order valence-corrected chi connectivity index (χ2v) is 4.12. The average Bonchev–Trinajstić information content (AvgIpc) is 2.26. The molecule has 0 saturated carbocycles. The SMILES string of the molecule is COC(=O)C(O)C(C)c1ccc(C)cc1C. The number of methoxy groups -OCH3 is 1. The Labute approximate surface area is 96.1 Å². The van der Waals surface area contributed by atoms with E-state index in [4.69, 9.17) is 0 Å². The Bertz CT molecular complexity index is 385. The first-order chi connectivity index (χ1) is 7.47. The lowest BCUT2D eigenvalue weighted by atomic mass is 9.91. The van der Waals surface area contributed by atoms with E-state index in [0.29, 0.717) is 0 Å². The van der Waals surface area contributed by atoms with Crippen LogP contribution in [0.1, 0.15) is 29.5 Å². The van der Waals surface area contributed by atoms with Gasteiger partial charge in [-0.05, 0) is 25.0 Å². The van der Waals surface area contributed by atoms with Crippen molar-refractivity contribution in [2.45, 2.75) is 32.8 Å². The first-order valence-electron chi connectivity index (χ1n) is 5.30. The molecule has 0 amide bonds. The van der Waals surface area contributed by atoms with E-state index < -0.39 is 12.1 Å². The molecule has 0 radical (unpaired) electrons. The molecule has 16 heavy (non-hydrogen) atoms. The minimum atomic E-state index is -1.11. The molecule has 0 aromatic heterocycles. The number of hydrogen-bond donors (Lipinski definition) is 1. The van der Waals surface area contributed by atoms with Gasteiger partial charge in [0.05, 0.1) is 7.11 Å². The van der Waals surface area contributed by atoms with Gasteiger partial charge in [0.25, 0.3) is 0 Å². The molecule has 0 spiro atoms.